The van der Waals surface area contributed by atoms with Gasteiger partial charge in [-0.1, -0.05) is 18.6 Å². The topological polar surface area (TPSA) is 78.5 Å². The standard InChI is InChI=1S/C19H29N3O3S.ClH/c1-15-13-17(9-10-20-15)19(23)21-14-16-5-7-18(8-6-16)26(24,25)22-11-3-2-4-12-22;/h5-8,15,17,20H,2-4,9-14H2,1H3,(H,21,23);1H/t15-,17-;/m0./s1. The van der Waals surface area contributed by atoms with Crippen LogP contribution in [0.15, 0.2) is 29.2 Å². The van der Waals surface area contributed by atoms with E-state index in [1.54, 1.807) is 28.6 Å². The Labute approximate surface area is 168 Å². The van der Waals surface area contributed by atoms with E-state index >= 15 is 0 Å². The van der Waals surface area contributed by atoms with Gasteiger partial charge in [0.25, 0.3) is 0 Å². The van der Waals surface area contributed by atoms with E-state index in [-0.39, 0.29) is 24.2 Å². The van der Waals surface area contributed by atoms with E-state index in [1.807, 2.05) is 0 Å². The van der Waals surface area contributed by atoms with Crippen molar-refractivity contribution in [3.63, 3.8) is 0 Å². The molecular formula is C19H30ClN3O3S. The van der Waals surface area contributed by atoms with E-state index in [0.29, 0.717) is 30.6 Å². The lowest BCUT2D eigenvalue weighted by Crippen LogP contribution is -2.42. The average Bonchev–Trinajstić information content (AvgIpc) is 2.67. The Morgan fingerprint density at radius 2 is 1.85 bits per heavy atom. The molecule has 1 amide bonds. The number of benzene rings is 1. The van der Waals surface area contributed by atoms with Crippen LogP contribution in [0.4, 0.5) is 0 Å². The first-order valence-corrected chi connectivity index (χ1v) is 11.0. The normalized spacial score (nSPS) is 24.0. The summed E-state index contributed by atoms with van der Waals surface area (Å²) >= 11 is 0. The minimum absolute atomic E-state index is 0. The lowest BCUT2D eigenvalue weighted by atomic mass is 9.92. The molecule has 1 aromatic carbocycles. The number of sulfonamides is 1. The number of piperidine rings is 2. The maximum atomic E-state index is 12.7. The van der Waals surface area contributed by atoms with Crippen LogP contribution in [0.2, 0.25) is 0 Å². The van der Waals surface area contributed by atoms with Crippen LogP contribution in [0.3, 0.4) is 0 Å². The van der Waals surface area contributed by atoms with Crippen molar-refractivity contribution in [3.8, 4) is 0 Å². The van der Waals surface area contributed by atoms with Gasteiger partial charge in [0.2, 0.25) is 15.9 Å². The molecule has 27 heavy (non-hydrogen) atoms. The Bertz CT molecular complexity index is 718. The Morgan fingerprint density at radius 3 is 2.48 bits per heavy atom. The summed E-state index contributed by atoms with van der Waals surface area (Å²) in [5, 5.41) is 6.33. The first-order chi connectivity index (χ1) is 12.5. The number of hydrogen-bond acceptors (Lipinski definition) is 4. The SMILES string of the molecule is C[C@H]1C[C@@H](C(=O)NCc2ccc(S(=O)(=O)N3CCCCC3)cc2)CCN1.Cl. The minimum Gasteiger partial charge on any atom is -0.352 e. The quantitative estimate of drug-likeness (QED) is 0.773. The van der Waals surface area contributed by atoms with Gasteiger partial charge in [0, 0.05) is 31.6 Å². The number of nitrogens with one attached hydrogen (secondary N) is 2. The van der Waals surface area contributed by atoms with Gasteiger partial charge >= 0.3 is 0 Å². The highest BCUT2D eigenvalue weighted by Gasteiger charge is 2.26. The van der Waals surface area contributed by atoms with Crippen molar-refractivity contribution in [2.75, 3.05) is 19.6 Å². The minimum atomic E-state index is -3.39. The number of hydrogen-bond donors (Lipinski definition) is 2. The van der Waals surface area contributed by atoms with Crippen molar-refractivity contribution in [1.82, 2.24) is 14.9 Å². The zero-order valence-electron chi connectivity index (χ0n) is 15.8. The van der Waals surface area contributed by atoms with Crippen molar-refractivity contribution in [3.05, 3.63) is 29.8 Å². The molecule has 0 saturated carbocycles. The fraction of sp³-hybridized carbons (Fsp3) is 0.632. The molecule has 0 unspecified atom stereocenters. The van der Waals surface area contributed by atoms with Crippen molar-refractivity contribution in [1.29, 1.82) is 0 Å². The number of nitrogens with zero attached hydrogens (tertiary/aromatic N) is 1. The van der Waals surface area contributed by atoms with Gasteiger partial charge < -0.3 is 10.6 Å². The molecule has 1 aromatic rings. The molecule has 6 nitrogen and oxygen atoms in total. The van der Waals surface area contributed by atoms with Crippen LogP contribution in [0.1, 0.15) is 44.6 Å². The summed E-state index contributed by atoms with van der Waals surface area (Å²) in [6, 6.07) is 7.26. The number of halogens is 1. The summed E-state index contributed by atoms with van der Waals surface area (Å²) in [7, 11) is -3.39. The number of amides is 1. The average molecular weight is 416 g/mol. The smallest absolute Gasteiger partial charge is 0.243 e. The molecule has 0 bridgehead atoms. The first-order valence-electron chi connectivity index (χ1n) is 9.57. The monoisotopic (exact) mass is 415 g/mol. The Morgan fingerprint density at radius 1 is 1.19 bits per heavy atom. The number of rotatable bonds is 5. The van der Waals surface area contributed by atoms with Crippen molar-refractivity contribution in [2.24, 2.45) is 5.92 Å². The lowest BCUT2D eigenvalue weighted by Gasteiger charge is -2.27. The largest absolute Gasteiger partial charge is 0.352 e. The van der Waals surface area contributed by atoms with Gasteiger partial charge in [0.05, 0.1) is 4.90 Å². The molecule has 3 rings (SSSR count). The Kier molecular flexibility index (Phi) is 8.09. The molecule has 2 atom stereocenters. The van der Waals surface area contributed by atoms with Crippen molar-refractivity contribution < 1.29 is 13.2 Å². The molecule has 2 heterocycles. The van der Waals surface area contributed by atoms with E-state index < -0.39 is 10.0 Å². The lowest BCUT2D eigenvalue weighted by molar-refractivity contribution is -0.126. The van der Waals surface area contributed by atoms with Crippen LogP contribution in [0.5, 0.6) is 0 Å². The maximum Gasteiger partial charge on any atom is 0.243 e. The van der Waals surface area contributed by atoms with E-state index in [0.717, 1.165) is 44.2 Å². The van der Waals surface area contributed by atoms with Gasteiger partial charge in [0.1, 0.15) is 0 Å². The number of carbonyl (C=O) groups is 1. The van der Waals surface area contributed by atoms with Crippen molar-refractivity contribution >= 4 is 28.3 Å². The van der Waals surface area contributed by atoms with E-state index in [1.165, 1.54) is 0 Å². The van der Waals surface area contributed by atoms with Gasteiger partial charge in [-0.3, -0.25) is 4.79 Å². The summed E-state index contributed by atoms with van der Waals surface area (Å²) in [5.74, 6) is 0.147. The fourth-order valence-corrected chi connectivity index (χ4v) is 5.25. The highest BCUT2D eigenvalue weighted by atomic mass is 35.5. The summed E-state index contributed by atoms with van der Waals surface area (Å²) in [6.45, 7) is 4.62. The van der Waals surface area contributed by atoms with Gasteiger partial charge in [-0.25, -0.2) is 8.42 Å². The summed E-state index contributed by atoms with van der Waals surface area (Å²) < 4.78 is 26.9. The molecule has 152 valence electrons. The molecule has 0 spiro atoms. The molecule has 2 aliphatic rings. The molecule has 2 fully saturated rings. The maximum absolute atomic E-state index is 12.7. The third-order valence-corrected chi connectivity index (χ3v) is 7.25. The van der Waals surface area contributed by atoms with Gasteiger partial charge in [-0.2, -0.15) is 4.31 Å². The zero-order chi connectivity index (χ0) is 18.6. The van der Waals surface area contributed by atoms with E-state index in [2.05, 4.69) is 17.6 Å². The zero-order valence-corrected chi connectivity index (χ0v) is 17.4. The van der Waals surface area contributed by atoms with Crippen LogP contribution in [0, 0.1) is 5.92 Å². The van der Waals surface area contributed by atoms with Crippen molar-refractivity contribution in [2.45, 2.75) is 56.5 Å². The number of carbonyl (C=O) groups excluding carboxylic acids is 1. The third-order valence-electron chi connectivity index (χ3n) is 5.34. The molecule has 8 heteroatoms. The molecule has 0 aliphatic carbocycles. The molecular weight excluding hydrogens is 386 g/mol. The van der Waals surface area contributed by atoms with E-state index in [9.17, 15) is 13.2 Å². The fourth-order valence-electron chi connectivity index (χ4n) is 3.74. The summed E-state index contributed by atoms with van der Waals surface area (Å²) in [4.78, 5) is 12.6. The van der Waals surface area contributed by atoms with Crippen LogP contribution in [-0.4, -0.2) is 44.3 Å². The summed E-state index contributed by atoms with van der Waals surface area (Å²) in [6.07, 6.45) is 4.68. The second-order valence-electron chi connectivity index (χ2n) is 7.40. The predicted octanol–water partition coefficient (Wildman–Crippen LogP) is 2.29. The Hall–Kier alpha value is -1.15. The first kappa shape index (κ1) is 22.1. The molecule has 2 aliphatic heterocycles. The molecule has 2 N–H and O–H groups in total. The van der Waals surface area contributed by atoms with Crippen LogP contribution < -0.4 is 10.6 Å². The predicted molar refractivity (Wildman–Crippen MR) is 108 cm³/mol. The van der Waals surface area contributed by atoms with Crippen LogP contribution in [0.25, 0.3) is 0 Å². The Balaban J connectivity index is 0.00000261. The second kappa shape index (κ2) is 9.87. The van der Waals surface area contributed by atoms with E-state index in [4.69, 9.17) is 0 Å². The van der Waals surface area contributed by atoms with Crippen LogP contribution >= 0.6 is 12.4 Å². The summed E-state index contributed by atoms with van der Waals surface area (Å²) in [5.41, 5.74) is 0.915. The molecule has 0 radical (unpaired) electrons. The highest BCUT2D eigenvalue weighted by molar-refractivity contribution is 7.89. The molecule has 0 aromatic heterocycles. The highest BCUT2D eigenvalue weighted by Crippen LogP contribution is 2.21. The van der Waals surface area contributed by atoms with Gasteiger partial charge in [-0.05, 0) is 56.8 Å². The second-order valence-corrected chi connectivity index (χ2v) is 9.34. The molecule has 2 saturated heterocycles. The van der Waals surface area contributed by atoms with Crippen LogP contribution in [-0.2, 0) is 21.4 Å². The van der Waals surface area contributed by atoms with Gasteiger partial charge in [-0.15, -0.1) is 12.4 Å². The third kappa shape index (κ3) is 5.67. The van der Waals surface area contributed by atoms with Gasteiger partial charge in [0.15, 0.2) is 0 Å².